The molecule has 0 amide bonds. The molecule has 3 heterocycles. The summed E-state index contributed by atoms with van der Waals surface area (Å²) in [7, 11) is 0. The van der Waals surface area contributed by atoms with Gasteiger partial charge in [0.25, 0.3) is 0 Å². The van der Waals surface area contributed by atoms with Crippen LogP contribution in [0.5, 0.6) is 0 Å². The van der Waals surface area contributed by atoms with Crippen LogP contribution in [0.4, 0.5) is 28.6 Å². The van der Waals surface area contributed by atoms with Crippen molar-refractivity contribution in [3.63, 3.8) is 0 Å². The van der Waals surface area contributed by atoms with E-state index in [1.807, 2.05) is 0 Å². The van der Waals surface area contributed by atoms with Gasteiger partial charge in [-0.05, 0) is 168 Å². The summed E-state index contributed by atoms with van der Waals surface area (Å²) in [5.74, 6) is 0.900. The molecular formula is C68H67BN2O. The van der Waals surface area contributed by atoms with E-state index in [9.17, 15) is 0 Å². The van der Waals surface area contributed by atoms with Gasteiger partial charge in [0.1, 0.15) is 5.58 Å². The van der Waals surface area contributed by atoms with Crippen LogP contribution in [0.25, 0.3) is 55.1 Å². The summed E-state index contributed by atoms with van der Waals surface area (Å²) in [4.78, 5) is 5.28. The van der Waals surface area contributed by atoms with E-state index in [1.165, 1.54) is 112 Å². The van der Waals surface area contributed by atoms with Crippen molar-refractivity contribution in [2.24, 2.45) is 0 Å². The minimum absolute atomic E-state index is 0.00363. The van der Waals surface area contributed by atoms with Crippen LogP contribution in [0.3, 0.4) is 0 Å². The molecule has 2 aliphatic heterocycles. The topological polar surface area (TPSA) is 19.6 Å². The van der Waals surface area contributed by atoms with Gasteiger partial charge in [-0.2, -0.15) is 0 Å². The van der Waals surface area contributed by atoms with Crippen LogP contribution in [0.15, 0.2) is 162 Å². The van der Waals surface area contributed by atoms with Gasteiger partial charge in [0, 0.05) is 38.7 Å². The van der Waals surface area contributed by atoms with Crippen molar-refractivity contribution in [1.29, 1.82) is 0 Å². The highest BCUT2D eigenvalue weighted by Gasteiger charge is 2.50. The first-order valence-electron chi connectivity index (χ1n) is 26.6. The predicted molar refractivity (Wildman–Crippen MR) is 308 cm³/mol. The highest BCUT2D eigenvalue weighted by molar-refractivity contribution is 6.95. The summed E-state index contributed by atoms with van der Waals surface area (Å²) >= 11 is 0. The molecule has 3 nitrogen and oxygen atoms in total. The van der Waals surface area contributed by atoms with Crippen molar-refractivity contribution in [2.75, 3.05) is 9.71 Å². The molecule has 0 saturated carbocycles. The van der Waals surface area contributed by atoms with Gasteiger partial charge in [0.2, 0.25) is 5.88 Å². The molecule has 0 fully saturated rings. The monoisotopic (exact) mass is 939 g/mol. The Morgan fingerprint density at radius 3 is 1.74 bits per heavy atom. The molecule has 0 atom stereocenters. The number of furan rings is 1. The third-order valence-corrected chi connectivity index (χ3v) is 17.9. The first-order chi connectivity index (χ1) is 34.3. The number of anilines is 5. The highest BCUT2D eigenvalue weighted by Crippen LogP contribution is 2.55. The van der Waals surface area contributed by atoms with Crippen LogP contribution in [0, 0.1) is 0 Å². The van der Waals surface area contributed by atoms with Crippen molar-refractivity contribution in [3.05, 3.63) is 186 Å². The van der Waals surface area contributed by atoms with Crippen molar-refractivity contribution in [3.8, 4) is 33.4 Å². The number of benzene rings is 8. The molecule has 2 aliphatic carbocycles. The highest BCUT2D eigenvalue weighted by atomic mass is 16.4. The lowest BCUT2D eigenvalue weighted by Crippen LogP contribution is -2.61. The van der Waals surface area contributed by atoms with Gasteiger partial charge in [0.05, 0.1) is 11.4 Å². The lowest BCUT2D eigenvalue weighted by Gasteiger charge is -2.46. The fourth-order valence-corrected chi connectivity index (χ4v) is 13.4. The average molecular weight is 939 g/mol. The van der Waals surface area contributed by atoms with Crippen LogP contribution < -0.4 is 20.6 Å². The van der Waals surface area contributed by atoms with Crippen molar-refractivity contribution >= 4 is 68.1 Å². The van der Waals surface area contributed by atoms with E-state index in [0.717, 1.165) is 36.4 Å². The lowest BCUT2D eigenvalue weighted by atomic mass is 9.43. The first kappa shape index (κ1) is 45.1. The molecule has 72 heavy (non-hydrogen) atoms. The van der Waals surface area contributed by atoms with E-state index in [1.54, 1.807) is 0 Å². The van der Waals surface area contributed by atoms with E-state index in [0.29, 0.717) is 0 Å². The third kappa shape index (κ3) is 6.69. The van der Waals surface area contributed by atoms with Gasteiger partial charge in [-0.25, -0.2) is 0 Å². The second kappa shape index (κ2) is 15.4. The van der Waals surface area contributed by atoms with E-state index >= 15 is 0 Å². The van der Waals surface area contributed by atoms with E-state index < -0.39 is 0 Å². The molecule has 0 N–H and O–H groups in total. The summed E-state index contributed by atoms with van der Waals surface area (Å²) < 4.78 is 7.77. The summed E-state index contributed by atoms with van der Waals surface area (Å²) in [6, 6.07) is 60.5. The average Bonchev–Trinajstić information content (AvgIpc) is 3.75. The molecule has 13 rings (SSSR count). The normalized spacial score (nSPS) is 17.8. The third-order valence-electron chi connectivity index (χ3n) is 17.9. The molecular weight excluding hydrogens is 872 g/mol. The smallest absolute Gasteiger partial charge is 0.337 e. The number of rotatable bonds is 4. The zero-order valence-electron chi connectivity index (χ0n) is 44.2. The number of fused-ring (bicyclic) bond motifs is 10. The van der Waals surface area contributed by atoms with Gasteiger partial charge in [-0.3, -0.25) is 4.90 Å². The second-order valence-electron chi connectivity index (χ2n) is 25.4. The number of hydrogen-bond donors (Lipinski definition) is 0. The summed E-state index contributed by atoms with van der Waals surface area (Å²) in [5.41, 5.74) is 22.7. The Balaban J connectivity index is 1.21. The Bertz CT molecular complexity index is 3700. The van der Waals surface area contributed by atoms with Gasteiger partial charge >= 0.3 is 6.85 Å². The van der Waals surface area contributed by atoms with Crippen LogP contribution in [0.2, 0.25) is 0 Å². The number of nitrogens with zero attached hydrogens (tertiary/aromatic N) is 2. The molecule has 358 valence electrons. The van der Waals surface area contributed by atoms with Gasteiger partial charge in [0.15, 0.2) is 0 Å². The maximum atomic E-state index is 7.77. The second-order valence-corrected chi connectivity index (χ2v) is 25.4. The molecule has 0 bridgehead atoms. The molecule has 0 spiro atoms. The first-order valence-corrected chi connectivity index (χ1v) is 26.6. The largest absolute Gasteiger partial charge is 0.440 e. The van der Waals surface area contributed by atoms with Crippen LogP contribution in [-0.2, 0) is 27.1 Å². The zero-order valence-corrected chi connectivity index (χ0v) is 44.2. The summed E-state index contributed by atoms with van der Waals surface area (Å²) in [5, 5.41) is 3.63. The fraction of sp³-hybridized carbons (Fsp3) is 0.294. The Labute approximate surface area is 428 Å². The molecule has 0 radical (unpaired) electrons. The van der Waals surface area contributed by atoms with Crippen LogP contribution in [-0.4, -0.2) is 6.85 Å². The maximum Gasteiger partial charge on any atom is 0.337 e. The molecule has 0 saturated heterocycles. The van der Waals surface area contributed by atoms with Crippen molar-refractivity contribution in [1.82, 2.24) is 0 Å². The van der Waals surface area contributed by atoms with E-state index in [4.69, 9.17) is 4.42 Å². The quantitative estimate of drug-likeness (QED) is 0.164. The minimum Gasteiger partial charge on any atom is -0.440 e. The van der Waals surface area contributed by atoms with E-state index in [-0.39, 0.29) is 33.9 Å². The molecule has 4 aliphatic rings. The van der Waals surface area contributed by atoms with Gasteiger partial charge < -0.3 is 9.23 Å². The molecule has 4 heteroatoms. The van der Waals surface area contributed by atoms with Gasteiger partial charge in [-0.15, -0.1) is 0 Å². The SMILES string of the molecule is CC(C)(C)c1ccc(N2c3oc4cc5c(cc4c3B3c4c(cc6ccccc6c42)-c2cc(-c4ccccc4)ccc2N3c2ccc3c(c2)C(C)(C)CCC3(C)C)C(C)(C)CCC5(C)C)c(-c2ccccc2)c1. The Morgan fingerprint density at radius 1 is 0.458 bits per heavy atom. The molecule has 0 unspecified atom stereocenters. The minimum atomic E-state index is -0.216. The summed E-state index contributed by atoms with van der Waals surface area (Å²) in [6.07, 6.45) is 4.59. The standard InChI is InChI=1S/C68H67BN2O/c1-64(2,3)46-27-31-57(49(38-46)43-22-16-13-17-23-43)70-62-48-25-19-18-24-45(48)37-51-50-36-44(42-20-14-12-15-21-42)26-30-58(50)71(47-28-29-53-54(39-47)66(6,7)33-32-65(53,4)5)69(60(51)62)61-52-40-55-56(41-59(52)72-63(61)70)68(10,11)35-34-67(55,8)9/h12-31,36-41H,32-35H2,1-11H3. The van der Waals surface area contributed by atoms with Crippen LogP contribution >= 0.6 is 0 Å². The predicted octanol–water partition coefficient (Wildman–Crippen LogP) is 17.6. The Morgan fingerprint density at radius 2 is 1.06 bits per heavy atom. The number of hydrogen-bond acceptors (Lipinski definition) is 3. The lowest BCUT2D eigenvalue weighted by molar-refractivity contribution is 0.332. The Hall–Kier alpha value is -6.78. The molecule has 9 aromatic rings. The Kier molecular flexibility index (Phi) is 9.63. The zero-order chi connectivity index (χ0) is 49.9. The van der Waals surface area contributed by atoms with Crippen molar-refractivity contribution < 1.29 is 4.42 Å². The summed E-state index contributed by atoms with van der Waals surface area (Å²) in [6.45, 7) is 26.3. The van der Waals surface area contributed by atoms with Crippen LogP contribution in [0.1, 0.15) is 130 Å². The molecule has 1 aromatic heterocycles. The maximum absolute atomic E-state index is 7.77. The van der Waals surface area contributed by atoms with Gasteiger partial charge in [-0.1, -0.05) is 179 Å². The van der Waals surface area contributed by atoms with Crippen molar-refractivity contribution in [2.45, 2.75) is 129 Å². The molecule has 8 aromatic carbocycles. The fourth-order valence-electron chi connectivity index (χ4n) is 13.4. The van der Waals surface area contributed by atoms with E-state index in [2.05, 4.69) is 244 Å².